The summed E-state index contributed by atoms with van der Waals surface area (Å²) in [6, 6.07) is 7.37. The number of aryl methyl sites for hydroxylation is 1. The van der Waals surface area contributed by atoms with Gasteiger partial charge in [0.2, 0.25) is 11.8 Å². The number of aliphatic carboxylic acids is 1. The monoisotopic (exact) mass is 324 g/mol. The first-order chi connectivity index (χ1) is 11.4. The summed E-state index contributed by atoms with van der Waals surface area (Å²) in [7, 11) is 0. The molecule has 1 aliphatic heterocycles. The molecular formula is C18H16N2O4. The van der Waals surface area contributed by atoms with E-state index in [-0.39, 0.29) is 17.7 Å². The van der Waals surface area contributed by atoms with Crippen LogP contribution >= 0.6 is 0 Å². The number of amides is 2. The van der Waals surface area contributed by atoms with Gasteiger partial charge in [0.05, 0.1) is 11.4 Å². The first-order valence-corrected chi connectivity index (χ1v) is 7.60. The second-order valence-corrected chi connectivity index (χ2v) is 5.79. The number of fused-ring (bicyclic) bond motifs is 1. The van der Waals surface area contributed by atoms with Gasteiger partial charge in [-0.3, -0.25) is 19.9 Å². The highest BCUT2D eigenvalue weighted by atomic mass is 16.4. The molecule has 1 unspecified atom stereocenters. The van der Waals surface area contributed by atoms with Crippen molar-refractivity contribution in [3.8, 4) is 0 Å². The molecule has 1 aliphatic rings. The molecule has 2 heterocycles. The van der Waals surface area contributed by atoms with Crippen LogP contribution in [0.15, 0.2) is 30.3 Å². The topological polar surface area (TPSA) is 96.4 Å². The number of nitrogens with one attached hydrogen (secondary N) is 1. The van der Waals surface area contributed by atoms with Crippen LogP contribution in [0.4, 0.5) is 0 Å². The Balaban J connectivity index is 1.98. The molecule has 1 aromatic heterocycles. The zero-order chi connectivity index (χ0) is 17.3. The van der Waals surface area contributed by atoms with Gasteiger partial charge < -0.3 is 5.11 Å². The Morgan fingerprint density at radius 3 is 2.83 bits per heavy atom. The fourth-order valence-corrected chi connectivity index (χ4v) is 2.91. The van der Waals surface area contributed by atoms with E-state index >= 15 is 0 Å². The predicted octanol–water partition coefficient (Wildman–Crippen LogP) is 2.16. The summed E-state index contributed by atoms with van der Waals surface area (Å²) in [6.07, 6.45) is 3.39. The summed E-state index contributed by atoms with van der Waals surface area (Å²) < 4.78 is 0. The lowest BCUT2D eigenvalue weighted by Crippen LogP contribution is -2.39. The molecule has 2 amide bonds. The van der Waals surface area contributed by atoms with Gasteiger partial charge >= 0.3 is 5.97 Å². The maximum absolute atomic E-state index is 12.1. The van der Waals surface area contributed by atoms with Crippen LogP contribution in [0.5, 0.6) is 0 Å². The van der Waals surface area contributed by atoms with Crippen LogP contribution in [0.2, 0.25) is 0 Å². The van der Waals surface area contributed by atoms with Crippen molar-refractivity contribution in [2.75, 3.05) is 0 Å². The van der Waals surface area contributed by atoms with Gasteiger partial charge in [-0.15, -0.1) is 0 Å². The molecule has 6 nitrogen and oxygen atoms in total. The number of rotatable bonds is 3. The van der Waals surface area contributed by atoms with E-state index in [0.717, 1.165) is 33.8 Å². The van der Waals surface area contributed by atoms with E-state index in [0.29, 0.717) is 12.8 Å². The maximum atomic E-state index is 12.1. The third kappa shape index (κ3) is 3.17. The number of carboxylic acids is 1. The van der Waals surface area contributed by atoms with Crippen molar-refractivity contribution < 1.29 is 19.5 Å². The highest BCUT2D eigenvalue weighted by Crippen LogP contribution is 2.29. The van der Waals surface area contributed by atoms with E-state index in [1.807, 2.05) is 19.1 Å². The highest BCUT2D eigenvalue weighted by molar-refractivity contribution is 6.01. The molecule has 2 N–H and O–H groups in total. The number of hydrogen-bond donors (Lipinski definition) is 2. The normalized spacial score (nSPS) is 18.1. The van der Waals surface area contributed by atoms with Gasteiger partial charge in [-0.05, 0) is 42.7 Å². The van der Waals surface area contributed by atoms with E-state index in [1.165, 1.54) is 6.08 Å². The van der Waals surface area contributed by atoms with Gasteiger partial charge in [0.1, 0.15) is 0 Å². The zero-order valence-corrected chi connectivity index (χ0v) is 13.1. The molecule has 24 heavy (non-hydrogen) atoms. The molecule has 0 radical (unpaired) electrons. The van der Waals surface area contributed by atoms with Crippen molar-refractivity contribution in [1.29, 1.82) is 0 Å². The van der Waals surface area contributed by atoms with Crippen molar-refractivity contribution in [2.24, 2.45) is 0 Å². The minimum atomic E-state index is -1.01. The molecule has 6 heteroatoms. The van der Waals surface area contributed by atoms with E-state index in [4.69, 9.17) is 5.11 Å². The lowest BCUT2D eigenvalue weighted by atomic mass is 9.89. The quantitative estimate of drug-likeness (QED) is 0.666. The molecule has 1 saturated heterocycles. The number of aromatic nitrogens is 1. The second kappa shape index (κ2) is 6.23. The SMILES string of the molecule is Cc1nc2cc(C=CC(=O)O)ccc2cc1C1CCC(=O)NC1=O. The Bertz CT molecular complexity index is 886. The molecule has 0 saturated carbocycles. The number of benzene rings is 1. The first-order valence-electron chi connectivity index (χ1n) is 7.60. The summed E-state index contributed by atoms with van der Waals surface area (Å²) in [5, 5.41) is 11.9. The minimum absolute atomic E-state index is 0.238. The molecule has 1 aromatic carbocycles. The van der Waals surface area contributed by atoms with Crippen molar-refractivity contribution in [1.82, 2.24) is 10.3 Å². The number of hydrogen-bond acceptors (Lipinski definition) is 4. The zero-order valence-electron chi connectivity index (χ0n) is 13.1. The largest absolute Gasteiger partial charge is 0.478 e. The number of imide groups is 1. The average Bonchev–Trinajstić information content (AvgIpc) is 2.52. The molecule has 1 fully saturated rings. The highest BCUT2D eigenvalue weighted by Gasteiger charge is 2.29. The lowest BCUT2D eigenvalue weighted by Gasteiger charge is -2.22. The van der Waals surface area contributed by atoms with Gasteiger partial charge in [-0.25, -0.2) is 4.79 Å². The first kappa shape index (κ1) is 15.9. The Labute approximate surface area is 138 Å². The number of carboxylic acid groups (broad SMARTS) is 1. The van der Waals surface area contributed by atoms with Gasteiger partial charge in [-0.1, -0.05) is 12.1 Å². The van der Waals surface area contributed by atoms with Gasteiger partial charge in [0, 0.05) is 23.6 Å². The second-order valence-electron chi connectivity index (χ2n) is 5.79. The fourth-order valence-electron chi connectivity index (χ4n) is 2.91. The Kier molecular flexibility index (Phi) is 4.12. The molecule has 0 aliphatic carbocycles. The minimum Gasteiger partial charge on any atom is -0.478 e. The number of piperidine rings is 1. The summed E-state index contributed by atoms with van der Waals surface area (Å²) in [5.41, 5.74) is 3.03. The smallest absolute Gasteiger partial charge is 0.328 e. The van der Waals surface area contributed by atoms with Crippen LogP contribution in [0.3, 0.4) is 0 Å². The standard InChI is InChI=1S/C18H16N2O4/c1-10-14(13-5-6-16(21)20-18(13)24)9-12-4-2-11(3-7-17(22)23)8-15(12)19-10/h2-4,7-9,13H,5-6H2,1H3,(H,22,23)(H,20,21,24). The third-order valence-corrected chi connectivity index (χ3v) is 4.10. The Morgan fingerprint density at radius 1 is 1.33 bits per heavy atom. The Morgan fingerprint density at radius 2 is 2.12 bits per heavy atom. The summed E-state index contributed by atoms with van der Waals surface area (Å²) in [4.78, 5) is 38.5. The molecule has 122 valence electrons. The van der Waals surface area contributed by atoms with Gasteiger partial charge in [-0.2, -0.15) is 0 Å². The van der Waals surface area contributed by atoms with Crippen molar-refractivity contribution in [3.05, 3.63) is 47.2 Å². The number of carbonyl (C=O) groups excluding carboxylic acids is 2. The van der Waals surface area contributed by atoms with Crippen LogP contribution in [-0.2, 0) is 14.4 Å². The average molecular weight is 324 g/mol. The third-order valence-electron chi connectivity index (χ3n) is 4.10. The van der Waals surface area contributed by atoms with Crippen molar-refractivity contribution >= 4 is 34.8 Å². The van der Waals surface area contributed by atoms with Crippen molar-refractivity contribution in [3.63, 3.8) is 0 Å². The molecule has 2 aromatic rings. The summed E-state index contributed by atoms with van der Waals surface area (Å²) in [6.45, 7) is 1.83. The number of carbonyl (C=O) groups is 3. The van der Waals surface area contributed by atoms with E-state index < -0.39 is 5.97 Å². The van der Waals surface area contributed by atoms with Crippen LogP contribution in [-0.4, -0.2) is 27.9 Å². The maximum Gasteiger partial charge on any atom is 0.328 e. The van der Waals surface area contributed by atoms with Crippen LogP contribution in [0.1, 0.15) is 35.6 Å². The Hall–Kier alpha value is -3.02. The van der Waals surface area contributed by atoms with E-state index in [1.54, 1.807) is 12.1 Å². The van der Waals surface area contributed by atoms with Crippen LogP contribution < -0.4 is 5.32 Å². The molecule has 1 atom stereocenters. The van der Waals surface area contributed by atoms with E-state index in [2.05, 4.69) is 10.3 Å². The number of pyridine rings is 1. The summed E-state index contributed by atoms with van der Waals surface area (Å²) >= 11 is 0. The molecule has 0 spiro atoms. The molecular weight excluding hydrogens is 308 g/mol. The van der Waals surface area contributed by atoms with Crippen molar-refractivity contribution in [2.45, 2.75) is 25.7 Å². The fraction of sp³-hybridized carbons (Fsp3) is 0.222. The van der Waals surface area contributed by atoms with Gasteiger partial charge in [0.15, 0.2) is 0 Å². The number of nitrogens with zero attached hydrogens (tertiary/aromatic N) is 1. The molecule has 3 rings (SSSR count). The predicted molar refractivity (Wildman–Crippen MR) is 88.3 cm³/mol. The van der Waals surface area contributed by atoms with Crippen LogP contribution in [0.25, 0.3) is 17.0 Å². The van der Waals surface area contributed by atoms with Gasteiger partial charge in [0.25, 0.3) is 0 Å². The summed E-state index contributed by atoms with van der Waals surface area (Å²) in [5.74, 6) is -1.90. The van der Waals surface area contributed by atoms with E-state index in [9.17, 15) is 14.4 Å². The molecule has 0 bridgehead atoms. The lowest BCUT2D eigenvalue weighted by molar-refractivity contribution is -0.134. The van der Waals surface area contributed by atoms with Crippen LogP contribution in [0, 0.1) is 6.92 Å².